The highest BCUT2D eigenvalue weighted by atomic mass is 19.4. The molecule has 0 fully saturated rings. The van der Waals surface area contributed by atoms with Gasteiger partial charge in [0.15, 0.2) is 0 Å². The van der Waals surface area contributed by atoms with Gasteiger partial charge < -0.3 is 14.2 Å². The summed E-state index contributed by atoms with van der Waals surface area (Å²) in [4.78, 5) is 32.8. The normalized spacial score (nSPS) is 13.1. The molecule has 6 nitrogen and oxygen atoms in total. The van der Waals surface area contributed by atoms with Crippen LogP contribution in [0.25, 0.3) is 0 Å². The highest BCUT2D eigenvalue weighted by Crippen LogP contribution is 2.55. The van der Waals surface area contributed by atoms with Crippen LogP contribution in [0.15, 0.2) is 0 Å². The fourth-order valence-corrected chi connectivity index (χ4v) is 1.67. The lowest BCUT2D eigenvalue weighted by Crippen LogP contribution is -2.68. The Morgan fingerprint density at radius 1 is 0.679 bits per heavy atom. The molecule has 0 aliphatic rings. The lowest BCUT2D eigenvalue weighted by molar-refractivity contribution is -0.446. The molecular formula is C13H13F9O6. The van der Waals surface area contributed by atoms with E-state index in [9.17, 15) is 53.9 Å². The summed E-state index contributed by atoms with van der Waals surface area (Å²) in [7, 11) is 0. The number of ether oxygens (including phenoxy) is 3. The molecule has 0 aromatic heterocycles. The van der Waals surface area contributed by atoms with Gasteiger partial charge in [0.1, 0.15) is 13.2 Å². The third kappa shape index (κ3) is 6.74. The first-order valence-corrected chi connectivity index (χ1v) is 7.16. The standard InChI is InChI=1S/C13H13F9O6/c1-7(23)26-5-6-27-8(24)3-2-4-9(25)28-10(11(14,15)16,12(17,18)19)13(20,21)22/h2-6H2,1H3. The van der Waals surface area contributed by atoms with E-state index in [-0.39, 0.29) is 6.61 Å². The first kappa shape index (κ1) is 25.8. The summed E-state index contributed by atoms with van der Waals surface area (Å²) in [6, 6.07) is 0. The van der Waals surface area contributed by atoms with Gasteiger partial charge in [-0.3, -0.25) is 14.4 Å². The van der Waals surface area contributed by atoms with Gasteiger partial charge in [0.25, 0.3) is 0 Å². The van der Waals surface area contributed by atoms with Crippen LogP contribution < -0.4 is 0 Å². The van der Waals surface area contributed by atoms with E-state index < -0.39 is 67.9 Å². The maximum Gasteiger partial charge on any atom is 0.447 e. The molecule has 15 heteroatoms. The van der Waals surface area contributed by atoms with Gasteiger partial charge in [-0.1, -0.05) is 0 Å². The molecule has 0 amide bonds. The zero-order chi connectivity index (χ0) is 22.4. The van der Waals surface area contributed by atoms with Crippen LogP contribution in [0.2, 0.25) is 0 Å². The van der Waals surface area contributed by atoms with E-state index in [1.54, 1.807) is 0 Å². The van der Waals surface area contributed by atoms with Gasteiger partial charge in [0.05, 0.1) is 0 Å². The van der Waals surface area contributed by atoms with Crippen LogP contribution in [0.4, 0.5) is 39.5 Å². The minimum Gasteiger partial charge on any atom is -0.462 e. The second-order valence-electron chi connectivity index (χ2n) is 5.06. The first-order chi connectivity index (χ1) is 12.5. The topological polar surface area (TPSA) is 78.9 Å². The van der Waals surface area contributed by atoms with Crippen LogP contribution in [0, 0.1) is 0 Å². The fourth-order valence-electron chi connectivity index (χ4n) is 1.67. The predicted octanol–water partition coefficient (Wildman–Crippen LogP) is 3.23. The molecule has 0 aliphatic heterocycles. The van der Waals surface area contributed by atoms with Crippen molar-refractivity contribution in [2.75, 3.05) is 13.2 Å². The number of carbonyl (C=O) groups is 3. The third-order valence-corrected chi connectivity index (χ3v) is 2.88. The molecule has 28 heavy (non-hydrogen) atoms. The van der Waals surface area contributed by atoms with E-state index >= 15 is 0 Å². The molecule has 0 radical (unpaired) electrons. The highest BCUT2D eigenvalue weighted by Gasteiger charge is 2.87. The second kappa shape index (κ2) is 9.32. The molecule has 0 heterocycles. The molecule has 164 valence electrons. The van der Waals surface area contributed by atoms with Crippen LogP contribution >= 0.6 is 0 Å². The smallest absolute Gasteiger partial charge is 0.447 e. The Balaban J connectivity index is 4.88. The second-order valence-corrected chi connectivity index (χ2v) is 5.06. The van der Waals surface area contributed by atoms with Crippen molar-refractivity contribution in [3.63, 3.8) is 0 Å². The molecule has 0 N–H and O–H groups in total. The summed E-state index contributed by atoms with van der Waals surface area (Å²) in [5.74, 6) is -4.25. The van der Waals surface area contributed by atoms with E-state index in [4.69, 9.17) is 0 Å². The molecule has 0 unspecified atom stereocenters. The van der Waals surface area contributed by atoms with Gasteiger partial charge in [-0.15, -0.1) is 0 Å². The number of hydrogen-bond acceptors (Lipinski definition) is 6. The van der Waals surface area contributed by atoms with Crippen LogP contribution in [0.3, 0.4) is 0 Å². The number of esters is 3. The lowest BCUT2D eigenvalue weighted by atomic mass is 10.0. The van der Waals surface area contributed by atoms with E-state index in [1.165, 1.54) is 0 Å². The number of halogens is 9. The fraction of sp³-hybridized carbons (Fsp3) is 0.769. The summed E-state index contributed by atoms with van der Waals surface area (Å²) < 4.78 is 125. The number of hydrogen-bond donors (Lipinski definition) is 0. The molecule has 0 rings (SSSR count). The number of rotatable bonds is 8. The Bertz CT molecular complexity index is 528. The van der Waals surface area contributed by atoms with Crippen molar-refractivity contribution in [2.24, 2.45) is 0 Å². The molecule has 0 saturated heterocycles. The van der Waals surface area contributed by atoms with Crippen molar-refractivity contribution >= 4 is 17.9 Å². The maximum atomic E-state index is 12.6. The molecule has 0 bridgehead atoms. The van der Waals surface area contributed by atoms with Crippen molar-refractivity contribution in [3.05, 3.63) is 0 Å². The molecule has 0 aromatic carbocycles. The van der Waals surface area contributed by atoms with Gasteiger partial charge in [0.2, 0.25) is 0 Å². The Hall–Kier alpha value is -2.22. The third-order valence-electron chi connectivity index (χ3n) is 2.88. The van der Waals surface area contributed by atoms with Crippen molar-refractivity contribution in [3.8, 4) is 0 Å². The summed E-state index contributed by atoms with van der Waals surface area (Å²) in [5.41, 5.74) is -6.70. The maximum absolute atomic E-state index is 12.6. The molecule has 0 aliphatic carbocycles. The monoisotopic (exact) mass is 436 g/mol. The Morgan fingerprint density at radius 3 is 1.46 bits per heavy atom. The minimum atomic E-state index is -7.03. The summed E-state index contributed by atoms with van der Waals surface area (Å²) >= 11 is 0. The Kier molecular flexibility index (Phi) is 8.58. The Morgan fingerprint density at radius 2 is 1.07 bits per heavy atom. The van der Waals surface area contributed by atoms with E-state index in [0.717, 1.165) is 6.92 Å². The Labute approximate surface area is 150 Å². The van der Waals surface area contributed by atoms with E-state index in [2.05, 4.69) is 14.2 Å². The number of carbonyl (C=O) groups excluding carboxylic acids is 3. The van der Waals surface area contributed by atoms with Crippen LogP contribution in [0.1, 0.15) is 26.2 Å². The number of alkyl halides is 9. The van der Waals surface area contributed by atoms with Crippen molar-refractivity contribution in [1.82, 2.24) is 0 Å². The predicted molar refractivity (Wildman–Crippen MR) is 68.4 cm³/mol. The van der Waals surface area contributed by atoms with Crippen molar-refractivity contribution in [1.29, 1.82) is 0 Å². The van der Waals surface area contributed by atoms with Crippen LogP contribution in [-0.4, -0.2) is 55.3 Å². The molecule has 0 aromatic rings. The quantitative estimate of drug-likeness (QED) is 0.252. The average molecular weight is 436 g/mol. The van der Waals surface area contributed by atoms with Gasteiger partial charge in [-0.25, -0.2) is 0 Å². The van der Waals surface area contributed by atoms with Gasteiger partial charge in [0, 0.05) is 19.8 Å². The zero-order valence-electron chi connectivity index (χ0n) is 13.9. The van der Waals surface area contributed by atoms with Gasteiger partial charge in [-0.05, 0) is 6.42 Å². The van der Waals surface area contributed by atoms with Gasteiger partial charge in [-0.2, -0.15) is 39.5 Å². The first-order valence-electron chi connectivity index (χ1n) is 7.16. The van der Waals surface area contributed by atoms with E-state index in [1.807, 2.05) is 0 Å². The average Bonchev–Trinajstić information content (AvgIpc) is 2.45. The summed E-state index contributed by atoms with van der Waals surface area (Å²) in [6.45, 7) is 0.285. The molecule has 0 saturated carbocycles. The van der Waals surface area contributed by atoms with E-state index in [0.29, 0.717) is 0 Å². The van der Waals surface area contributed by atoms with Crippen molar-refractivity contribution in [2.45, 2.75) is 50.3 Å². The minimum absolute atomic E-state index is 0.339. The SMILES string of the molecule is CC(=O)OCCOC(=O)CCCC(=O)OC(C(F)(F)F)(C(F)(F)F)C(F)(F)F. The zero-order valence-corrected chi connectivity index (χ0v) is 13.9. The highest BCUT2D eigenvalue weighted by molar-refractivity contribution is 5.73. The van der Waals surface area contributed by atoms with Crippen LogP contribution in [0.5, 0.6) is 0 Å². The molecule has 0 spiro atoms. The van der Waals surface area contributed by atoms with Crippen LogP contribution in [-0.2, 0) is 28.6 Å². The summed E-state index contributed by atoms with van der Waals surface area (Å²) in [6.07, 6.45) is -23.9. The molecular weight excluding hydrogens is 423 g/mol. The largest absolute Gasteiger partial charge is 0.462 e. The molecule has 0 atom stereocenters. The van der Waals surface area contributed by atoms with Crippen molar-refractivity contribution < 1.29 is 68.1 Å². The lowest BCUT2D eigenvalue weighted by Gasteiger charge is -2.37. The summed E-state index contributed by atoms with van der Waals surface area (Å²) in [5, 5.41) is 0. The van der Waals surface area contributed by atoms with Gasteiger partial charge >= 0.3 is 42.0 Å².